The molecule has 0 aliphatic carbocycles. The zero-order chi connectivity index (χ0) is 18.6. The Morgan fingerprint density at radius 2 is 1.56 bits per heavy atom. The van der Waals surface area contributed by atoms with Gasteiger partial charge in [0.25, 0.3) is 5.91 Å². The van der Waals surface area contributed by atoms with Crippen molar-refractivity contribution in [3.8, 4) is 11.3 Å². The number of aromatic nitrogens is 1. The topological polar surface area (TPSA) is 54.0 Å². The molecular formula is C23H19N3O. The predicted octanol–water partition coefficient (Wildman–Crippen LogP) is 4.97. The van der Waals surface area contributed by atoms with Crippen LogP contribution in [0.15, 0.2) is 84.9 Å². The summed E-state index contributed by atoms with van der Waals surface area (Å²) >= 11 is 0. The molecule has 1 aromatic heterocycles. The highest BCUT2D eigenvalue weighted by Crippen LogP contribution is 2.25. The number of carbonyl (C=O) groups is 1. The average Bonchev–Trinajstić information content (AvgIpc) is 2.72. The van der Waals surface area contributed by atoms with Gasteiger partial charge in [0.15, 0.2) is 0 Å². The highest BCUT2D eigenvalue weighted by Gasteiger charge is 2.14. The summed E-state index contributed by atoms with van der Waals surface area (Å²) in [6.45, 7) is 2.01. The maximum absolute atomic E-state index is 12.9. The van der Waals surface area contributed by atoms with E-state index in [1.807, 2.05) is 91.9 Å². The van der Waals surface area contributed by atoms with E-state index in [-0.39, 0.29) is 5.91 Å². The number of amides is 1. The number of para-hydroxylation sites is 1. The first-order valence-electron chi connectivity index (χ1n) is 8.79. The van der Waals surface area contributed by atoms with E-state index < -0.39 is 0 Å². The highest BCUT2D eigenvalue weighted by atomic mass is 16.2. The van der Waals surface area contributed by atoms with E-state index in [0.29, 0.717) is 5.56 Å². The molecule has 0 saturated carbocycles. The molecule has 4 nitrogen and oxygen atoms in total. The molecular weight excluding hydrogens is 334 g/mol. The van der Waals surface area contributed by atoms with Gasteiger partial charge in [-0.25, -0.2) is 4.98 Å². The second kappa shape index (κ2) is 7.30. The molecule has 0 aliphatic rings. The van der Waals surface area contributed by atoms with Crippen LogP contribution in [0, 0.1) is 6.92 Å². The summed E-state index contributed by atoms with van der Waals surface area (Å²) in [4.78, 5) is 17.7. The molecule has 2 N–H and O–H groups in total. The van der Waals surface area contributed by atoms with Gasteiger partial charge in [0.1, 0.15) is 0 Å². The molecule has 0 spiro atoms. The van der Waals surface area contributed by atoms with E-state index in [1.165, 1.54) is 0 Å². The molecule has 4 heteroatoms. The maximum atomic E-state index is 12.9. The highest BCUT2D eigenvalue weighted by molar-refractivity contribution is 6.07. The van der Waals surface area contributed by atoms with Crippen molar-refractivity contribution in [2.24, 2.45) is 0 Å². The number of hydrazine groups is 1. The standard InChI is InChI=1S/C23H19N3O/c1-16-12-13-21-19(14-16)20(15-22(24-21)17-8-4-2-5-9-17)23(27)26-25-18-10-6-3-7-11-18/h2-15,25H,1H3,(H,26,27). The summed E-state index contributed by atoms with van der Waals surface area (Å²) in [5, 5.41) is 0.835. The van der Waals surface area contributed by atoms with Crippen LogP contribution in [0.25, 0.3) is 22.2 Å². The van der Waals surface area contributed by atoms with Gasteiger partial charge >= 0.3 is 0 Å². The molecule has 4 aromatic rings. The average molecular weight is 353 g/mol. The monoisotopic (exact) mass is 353 g/mol. The van der Waals surface area contributed by atoms with Gasteiger partial charge in [-0.05, 0) is 37.3 Å². The number of aryl methyl sites for hydroxylation is 1. The fourth-order valence-electron chi connectivity index (χ4n) is 3.00. The normalized spacial score (nSPS) is 10.6. The third-order valence-electron chi connectivity index (χ3n) is 4.37. The van der Waals surface area contributed by atoms with Crippen LogP contribution >= 0.6 is 0 Å². The number of nitrogens with zero attached hydrogens (tertiary/aromatic N) is 1. The molecule has 0 atom stereocenters. The molecule has 0 fully saturated rings. The molecule has 0 radical (unpaired) electrons. The number of fused-ring (bicyclic) bond motifs is 1. The van der Waals surface area contributed by atoms with E-state index in [9.17, 15) is 4.79 Å². The smallest absolute Gasteiger partial charge is 0.270 e. The van der Waals surface area contributed by atoms with Gasteiger partial charge in [0.2, 0.25) is 0 Å². The zero-order valence-corrected chi connectivity index (χ0v) is 14.9. The number of rotatable bonds is 4. The number of hydrogen-bond acceptors (Lipinski definition) is 3. The Balaban J connectivity index is 1.75. The molecule has 132 valence electrons. The van der Waals surface area contributed by atoms with Gasteiger partial charge in [0, 0.05) is 10.9 Å². The third kappa shape index (κ3) is 3.65. The van der Waals surface area contributed by atoms with Crippen LogP contribution in [0.4, 0.5) is 5.69 Å². The third-order valence-corrected chi connectivity index (χ3v) is 4.37. The number of hydrogen-bond donors (Lipinski definition) is 2. The first kappa shape index (κ1) is 16.8. The summed E-state index contributed by atoms with van der Waals surface area (Å²) < 4.78 is 0. The SMILES string of the molecule is Cc1ccc2nc(-c3ccccc3)cc(C(=O)NNc3ccccc3)c2c1. The molecule has 1 amide bonds. The fourth-order valence-corrected chi connectivity index (χ4v) is 3.00. The van der Waals surface area contributed by atoms with Crippen molar-refractivity contribution in [1.82, 2.24) is 10.4 Å². The van der Waals surface area contributed by atoms with Crippen molar-refractivity contribution in [2.45, 2.75) is 6.92 Å². The number of nitrogens with one attached hydrogen (secondary N) is 2. The largest absolute Gasteiger partial charge is 0.298 e. The van der Waals surface area contributed by atoms with Crippen molar-refractivity contribution in [3.05, 3.63) is 96.1 Å². The molecule has 3 aromatic carbocycles. The van der Waals surface area contributed by atoms with E-state index in [0.717, 1.165) is 33.4 Å². The van der Waals surface area contributed by atoms with Crippen LogP contribution in [-0.2, 0) is 0 Å². The van der Waals surface area contributed by atoms with Crippen LogP contribution in [0.1, 0.15) is 15.9 Å². The summed E-state index contributed by atoms with van der Waals surface area (Å²) in [5.74, 6) is -0.200. The van der Waals surface area contributed by atoms with Gasteiger partial charge in [-0.2, -0.15) is 0 Å². The lowest BCUT2D eigenvalue weighted by Crippen LogP contribution is -2.29. The summed E-state index contributed by atoms with van der Waals surface area (Å²) in [7, 11) is 0. The minimum atomic E-state index is -0.200. The molecule has 1 heterocycles. The lowest BCUT2D eigenvalue weighted by Gasteiger charge is -2.12. The van der Waals surface area contributed by atoms with Gasteiger partial charge < -0.3 is 0 Å². The second-order valence-corrected chi connectivity index (χ2v) is 6.39. The lowest BCUT2D eigenvalue weighted by atomic mass is 10.0. The number of carbonyl (C=O) groups excluding carboxylic acids is 1. The van der Waals surface area contributed by atoms with Crippen LogP contribution in [0.2, 0.25) is 0 Å². The first-order valence-corrected chi connectivity index (χ1v) is 8.79. The number of anilines is 1. The minimum absolute atomic E-state index is 0.200. The van der Waals surface area contributed by atoms with Gasteiger partial charge in [-0.3, -0.25) is 15.6 Å². The molecule has 0 bridgehead atoms. The Morgan fingerprint density at radius 1 is 0.852 bits per heavy atom. The minimum Gasteiger partial charge on any atom is -0.298 e. The fraction of sp³-hybridized carbons (Fsp3) is 0.0435. The lowest BCUT2D eigenvalue weighted by molar-refractivity contribution is 0.0964. The van der Waals surface area contributed by atoms with Crippen LogP contribution in [0.5, 0.6) is 0 Å². The van der Waals surface area contributed by atoms with Crippen molar-refractivity contribution in [3.63, 3.8) is 0 Å². The van der Waals surface area contributed by atoms with E-state index >= 15 is 0 Å². The molecule has 4 rings (SSSR count). The molecule has 27 heavy (non-hydrogen) atoms. The van der Waals surface area contributed by atoms with Crippen molar-refractivity contribution in [2.75, 3.05) is 5.43 Å². The molecule has 0 aliphatic heterocycles. The van der Waals surface area contributed by atoms with Gasteiger partial charge in [-0.1, -0.05) is 60.2 Å². The van der Waals surface area contributed by atoms with E-state index in [2.05, 4.69) is 10.9 Å². The van der Waals surface area contributed by atoms with Crippen molar-refractivity contribution < 1.29 is 4.79 Å². The quantitative estimate of drug-likeness (QED) is 0.510. The van der Waals surface area contributed by atoms with Crippen LogP contribution in [0.3, 0.4) is 0 Å². The van der Waals surface area contributed by atoms with E-state index in [1.54, 1.807) is 0 Å². The van der Waals surface area contributed by atoms with Crippen molar-refractivity contribution >= 4 is 22.5 Å². The zero-order valence-electron chi connectivity index (χ0n) is 14.9. The Hall–Kier alpha value is -3.66. The molecule has 0 saturated heterocycles. The summed E-state index contributed by atoms with van der Waals surface area (Å²) in [5.41, 5.74) is 10.8. The number of pyridine rings is 1. The number of benzene rings is 3. The van der Waals surface area contributed by atoms with Gasteiger partial charge in [-0.15, -0.1) is 0 Å². The second-order valence-electron chi connectivity index (χ2n) is 6.39. The Morgan fingerprint density at radius 3 is 2.30 bits per heavy atom. The Kier molecular flexibility index (Phi) is 4.54. The first-order chi connectivity index (χ1) is 13.2. The molecule has 0 unspecified atom stereocenters. The summed E-state index contributed by atoms with van der Waals surface area (Å²) in [6, 6.07) is 27.2. The maximum Gasteiger partial charge on any atom is 0.270 e. The Bertz CT molecular complexity index is 1090. The predicted molar refractivity (Wildman–Crippen MR) is 109 cm³/mol. The summed E-state index contributed by atoms with van der Waals surface area (Å²) in [6.07, 6.45) is 0. The van der Waals surface area contributed by atoms with E-state index in [4.69, 9.17) is 4.98 Å². The Labute approximate surface area is 157 Å². The van der Waals surface area contributed by atoms with Crippen LogP contribution in [-0.4, -0.2) is 10.9 Å². The van der Waals surface area contributed by atoms with Crippen LogP contribution < -0.4 is 10.9 Å². The van der Waals surface area contributed by atoms with Crippen molar-refractivity contribution in [1.29, 1.82) is 0 Å². The van der Waals surface area contributed by atoms with Gasteiger partial charge in [0.05, 0.1) is 22.5 Å².